The number of benzene rings is 1. The van der Waals surface area contributed by atoms with Crippen molar-refractivity contribution >= 4 is 20.1 Å². The van der Waals surface area contributed by atoms with Gasteiger partial charge in [-0.05, 0) is 12.1 Å². The Balaban J connectivity index is 0. The molecule has 1 aromatic rings. The molecule has 0 unspecified atom stereocenters. The molecular formula is C9H9BNNaO3. The molecule has 1 N–H and O–H groups in total. The molecule has 4 nitrogen and oxygen atoms in total. The van der Waals surface area contributed by atoms with E-state index in [9.17, 15) is 9.59 Å². The van der Waals surface area contributed by atoms with Crippen molar-refractivity contribution in [3.05, 3.63) is 35.4 Å². The summed E-state index contributed by atoms with van der Waals surface area (Å²) < 4.78 is 0. The molecule has 0 heterocycles. The SMILES string of the molecule is O=Cc1cccc(C(=O)O)c1.[BH3-]C#N.[Na+]. The van der Waals surface area contributed by atoms with E-state index in [1.165, 1.54) is 18.2 Å². The summed E-state index contributed by atoms with van der Waals surface area (Å²) >= 11 is 0. The number of rotatable bonds is 2. The average Bonchev–Trinajstić information content (AvgIpc) is 2.19. The Hall–Kier alpha value is -1.09. The van der Waals surface area contributed by atoms with Crippen molar-refractivity contribution in [3.8, 4) is 5.97 Å². The summed E-state index contributed by atoms with van der Waals surface area (Å²) in [6.45, 7) is 0. The fraction of sp³-hybridized carbons (Fsp3) is 0. The molecule has 15 heavy (non-hydrogen) atoms. The van der Waals surface area contributed by atoms with Gasteiger partial charge in [0.1, 0.15) is 6.29 Å². The predicted octanol–water partition coefficient (Wildman–Crippen LogP) is -2.97. The van der Waals surface area contributed by atoms with E-state index in [-0.39, 0.29) is 43.0 Å². The van der Waals surface area contributed by atoms with Gasteiger partial charge in [0.05, 0.1) is 13.4 Å². The molecule has 6 heteroatoms. The number of carboxylic acids is 1. The molecule has 0 saturated carbocycles. The Morgan fingerprint density at radius 1 is 1.53 bits per heavy atom. The predicted molar refractivity (Wildman–Crippen MR) is 54.3 cm³/mol. The maximum atomic E-state index is 10.4. The zero-order chi connectivity index (χ0) is 11.0. The van der Waals surface area contributed by atoms with E-state index in [0.717, 1.165) is 0 Å². The van der Waals surface area contributed by atoms with Crippen LogP contribution in [0.2, 0.25) is 0 Å². The Kier molecular flexibility index (Phi) is 10.3. The number of aromatic carboxylic acids is 1. The van der Waals surface area contributed by atoms with E-state index in [0.29, 0.717) is 11.8 Å². The minimum absolute atomic E-state index is 0. The van der Waals surface area contributed by atoms with Crippen LogP contribution in [0.15, 0.2) is 24.3 Å². The second-order valence-corrected chi connectivity index (χ2v) is 2.05. The van der Waals surface area contributed by atoms with Crippen LogP contribution in [0.1, 0.15) is 20.7 Å². The Bertz CT molecular complexity index is 376. The summed E-state index contributed by atoms with van der Waals surface area (Å²) in [5.41, 5.74) is 0.513. The van der Waals surface area contributed by atoms with E-state index < -0.39 is 5.97 Å². The third kappa shape index (κ3) is 6.92. The van der Waals surface area contributed by atoms with Gasteiger partial charge in [-0.3, -0.25) is 10.1 Å². The van der Waals surface area contributed by atoms with Gasteiger partial charge in [-0.1, -0.05) is 12.1 Å². The van der Waals surface area contributed by atoms with Crippen molar-refractivity contribution < 1.29 is 44.3 Å². The minimum Gasteiger partial charge on any atom is -0.478 e. The molecule has 1 aromatic carbocycles. The number of aldehydes is 1. The average molecular weight is 213 g/mol. The summed E-state index contributed by atoms with van der Waals surface area (Å²) in [6, 6.07) is 5.86. The Morgan fingerprint density at radius 2 is 2.07 bits per heavy atom. The number of carboxylic acid groups (broad SMARTS) is 1. The molecule has 0 saturated heterocycles. The van der Waals surface area contributed by atoms with E-state index in [1.54, 1.807) is 6.07 Å². The summed E-state index contributed by atoms with van der Waals surface area (Å²) in [6.07, 6.45) is 0.617. The maximum absolute atomic E-state index is 10.4. The molecular weight excluding hydrogens is 204 g/mol. The quantitative estimate of drug-likeness (QED) is 0.420. The smallest absolute Gasteiger partial charge is 0.478 e. The second kappa shape index (κ2) is 9.47. The van der Waals surface area contributed by atoms with E-state index in [2.05, 4.69) is 0 Å². The fourth-order valence-corrected chi connectivity index (χ4v) is 0.745. The van der Waals surface area contributed by atoms with Gasteiger partial charge in [0.15, 0.2) is 0 Å². The summed E-state index contributed by atoms with van der Waals surface area (Å²) in [7, 11) is 0.0694. The molecule has 0 aromatic heterocycles. The number of hydrogen-bond acceptors (Lipinski definition) is 3. The summed E-state index contributed by atoms with van der Waals surface area (Å²) in [4.78, 5) is 20.5. The fourth-order valence-electron chi connectivity index (χ4n) is 0.745. The van der Waals surface area contributed by atoms with Crippen LogP contribution in [0, 0.1) is 11.2 Å². The van der Waals surface area contributed by atoms with Gasteiger partial charge in [0.2, 0.25) is 0 Å². The number of carbonyl (C=O) groups excluding carboxylic acids is 1. The molecule has 0 spiro atoms. The van der Waals surface area contributed by atoms with E-state index >= 15 is 0 Å². The number of nitrogens with zero attached hydrogens (tertiary/aromatic N) is 1. The maximum Gasteiger partial charge on any atom is 1.00 e. The largest absolute Gasteiger partial charge is 1.00 e. The van der Waals surface area contributed by atoms with Gasteiger partial charge in [-0.25, -0.2) is 4.79 Å². The summed E-state index contributed by atoms with van der Waals surface area (Å²) in [5.74, 6) is 0.980. The van der Waals surface area contributed by atoms with Crippen LogP contribution in [-0.4, -0.2) is 25.2 Å². The van der Waals surface area contributed by atoms with Gasteiger partial charge in [-0.2, -0.15) is 5.97 Å². The molecule has 0 amide bonds. The standard InChI is InChI=1S/C8H6O3.CH3BN.Na/c9-5-6-2-1-3-7(4-6)8(10)11;2-1-3;/h1-5H,(H,10,11);2H3;/q;-1;+1. The summed E-state index contributed by atoms with van der Waals surface area (Å²) in [5, 5.41) is 15.9. The molecule has 0 atom stereocenters. The van der Waals surface area contributed by atoms with Crippen LogP contribution >= 0.6 is 0 Å². The third-order valence-electron chi connectivity index (χ3n) is 1.27. The Labute approximate surface area is 111 Å². The van der Waals surface area contributed by atoms with Crippen LogP contribution in [0.5, 0.6) is 0 Å². The van der Waals surface area contributed by atoms with Crippen LogP contribution in [-0.2, 0) is 0 Å². The molecule has 0 fully saturated rings. The molecule has 72 valence electrons. The van der Waals surface area contributed by atoms with Crippen LogP contribution in [0.4, 0.5) is 0 Å². The van der Waals surface area contributed by atoms with E-state index in [4.69, 9.17) is 10.4 Å². The van der Waals surface area contributed by atoms with Crippen molar-refractivity contribution in [2.45, 2.75) is 0 Å². The Morgan fingerprint density at radius 3 is 2.47 bits per heavy atom. The third-order valence-corrected chi connectivity index (χ3v) is 1.27. The normalized spacial score (nSPS) is 7.20. The topological polar surface area (TPSA) is 78.2 Å². The first-order valence-corrected chi connectivity index (χ1v) is 3.25. The minimum atomic E-state index is -1.02. The van der Waals surface area contributed by atoms with E-state index in [1.807, 2.05) is 5.97 Å². The van der Waals surface area contributed by atoms with Gasteiger partial charge in [-0.15, -0.1) is 0 Å². The monoisotopic (exact) mass is 213 g/mol. The molecule has 0 aliphatic heterocycles. The van der Waals surface area contributed by atoms with Crippen molar-refractivity contribution in [3.63, 3.8) is 0 Å². The van der Waals surface area contributed by atoms with Gasteiger partial charge in [0.25, 0.3) is 0 Å². The molecule has 0 radical (unpaired) electrons. The molecule has 0 aliphatic carbocycles. The number of hydrogen-bond donors (Lipinski definition) is 1. The number of nitriles is 1. The van der Waals surface area contributed by atoms with Crippen molar-refractivity contribution in [1.29, 1.82) is 5.26 Å². The first-order valence-electron chi connectivity index (χ1n) is 3.25. The number of carbonyl (C=O) groups is 2. The van der Waals surface area contributed by atoms with Gasteiger partial charge in [0, 0.05) is 5.56 Å². The van der Waals surface area contributed by atoms with Gasteiger partial charge < -0.3 is 5.11 Å². The van der Waals surface area contributed by atoms with Gasteiger partial charge >= 0.3 is 35.5 Å². The second-order valence-electron chi connectivity index (χ2n) is 2.05. The zero-order valence-corrected chi connectivity index (χ0v) is 9.60. The van der Waals surface area contributed by atoms with Crippen molar-refractivity contribution in [2.24, 2.45) is 0 Å². The molecule has 0 bridgehead atoms. The van der Waals surface area contributed by atoms with Crippen LogP contribution in [0.25, 0.3) is 0 Å². The first kappa shape index (κ1) is 16.3. The van der Waals surface area contributed by atoms with Crippen molar-refractivity contribution in [2.75, 3.05) is 0 Å². The first-order chi connectivity index (χ1) is 6.65. The van der Waals surface area contributed by atoms with Crippen LogP contribution in [0.3, 0.4) is 0 Å². The van der Waals surface area contributed by atoms with Crippen molar-refractivity contribution in [1.82, 2.24) is 0 Å². The molecule has 0 aliphatic rings. The van der Waals surface area contributed by atoms with Crippen LogP contribution < -0.4 is 29.6 Å². The zero-order valence-electron chi connectivity index (χ0n) is 7.60. The molecule has 1 rings (SSSR count).